The normalized spacial score (nSPS) is 23.2. The topological polar surface area (TPSA) is 44.8 Å². The number of hydrogen-bond donors (Lipinski definition) is 1. The molecule has 1 N–H and O–H groups in total. The van der Waals surface area contributed by atoms with Crippen molar-refractivity contribution >= 4 is 11.6 Å². The molecule has 0 saturated carbocycles. The second kappa shape index (κ2) is 8.49. The lowest BCUT2D eigenvalue weighted by molar-refractivity contribution is -0.123. The van der Waals surface area contributed by atoms with Gasteiger partial charge in [0, 0.05) is 51.1 Å². The van der Waals surface area contributed by atoms with Gasteiger partial charge in [-0.2, -0.15) is 0 Å². The number of benzene rings is 1. The average molecular weight is 331 g/mol. The van der Waals surface area contributed by atoms with Crippen LogP contribution in [0.4, 0.5) is 5.69 Å². The molecule has 0 spiro atoms. The molecular formula is C19H29N3O2. The Bertz CT molecular complexity index is 509. The molecule has 1 amide bonds. The number of nitrogens with one attached hydrogen (secondary N) is 1. The van der Waals surface area contributed by atoms with Crippen molar-refractivity contribution in [3.8, 4) is 0 Å². The van der Waals surface area contributed by atoms with E-state index in [1.165, 1.54) is 5.69 Å². The molecule has 24 heavy (non-hydrogen) atoms. The summed E-state index contributed by atoms with van der Waals surface area (Å²) in [6.45, 7) is 7.99. The van der Waals surface area contributed by atoms with Crippen LogP contribution < -0.4 is 10.2 Å². The Morgan fingerprint density at radius 2 is 2.00 bits per heavy atom. The van der Waals surface area contributed by atoms with Crippen molar-refractivity contribution in [2.75, 3.05) is 44.2 Å². The van der Waals surface area contributed by atoms with E-state index in [9.17, 15) is 4.79 Å². The van der Waals surface area contributed by atoms with Gasteiger partial charge >= 0.3 is 0 Å². The molecule has 5 heteroatoms. The molecule has 1 aromatic rings. The zero-order valence-electron chi connectivity index (χ0n) is 14.6. The molecule has 2 aliphatic rings. The fourth-order valence-corrected chi connectivity index (χ4v) is 3.61. The fourth-order valence-electron chi connectivity index (χ4n) is 3.61. The van der Waals surface area contributed by atoms with E-state index in [2.05, 4.69) is 52.4 Å². The molecule has 2 heterocycles. The monoisotopic (exact) mass is 331 g/mol. The third-order valence-corrected chi connectivity index (χ3v) is 4.87. The van der Waals surface area contributed by atoms with Crippen LogP contribution in [-0.2, 0) is 9.53 Å². The van der Waals surface area contributed by atoms with Gasteiger partial charge in [-0.15, -0.1) is 0 Å². The maximum Gasteiger partial charge on any atom is 0.222 e. The molecule has 2 saturated heterocycles. The number of nitrogens with zero attached hydrogens (tertiary/aromatic N) is 2. The van der Waals surface area contributed by atoms with Crippen LogP contribution in [-0.4, -0.2) is 62.3 Å². The van der Waals surface area contributed by atoms with Crippen LogP contribution in [0.5, 0.6) is 0 Å². The SMILES string of the molecule is CC(CN1CCN(c2ccccc2)CC1)NC(=O)CC1CCCO1. The first-order valence-corrected chi connectivity index (χ1v) is 9.14. The number of hydrogen-bond acceptors (Lipinski definition) is 4. The second-order valence-corrected chi connectivity index (χ2v) is 6.93. The maximum atomic E-state index is 12.1. The van der Waals surface area contributed by atoms with E-state index in [4.69, 9.17) is 4.74 Å². The Balaban J connectivity index is 1.36. The van der Waals surface area contributed by atoms with Gasteiger partial charge in [-0.05, 0) is 31.9 Å². The van der Waals surface area contributed by atoms with Crippen LogP contribution in [0.25, 0.3) is 0 Å². The van der Waals surface area contributed by atoms with Crippen molar-refractivity contribution in [1.82, 2.24) is 10.2 Å². The van der Waals surface area contributed by atoms with E-state index in [-0.39, 0.29) is 18.1 Å². The highest BCUT2D eigenvalue weighted by Crippen LogP contribution is 2.16. The Kier molecular flexibility index (Phi) is 6.10. The Labute approximate surface area is 145 Å². The molecule has 3 rings (SSSR count). The van der Waals surface area contributed by atoms with Gasteiger partial charge in [0.15, 0.2) is 0 Å². The van der Waals surface area contributed by atoms with E-state index in [1.54, 1.807) is 0 Å². The highest BCUT2D eigenvalue weighted by atomic mass is 16.5. The molecule has 132 valence electrons. The van der Waals surface area contributed by atoms with Gasteiger partial charge in [-0.25, -0.2) is 0 Å². The minimum absolute atomic E-state index is 0.123. The summed E-state index contributed by atoms with van der Waals surface area (Å²) in [5.41, 5.74) is 1.30. The van der Waals surface area contributed by atoms with Crippen LogP contribution in [0.15, 0.2) is 30.3 Å². The third-order valence-electron chi connectivity index (χ3n) is 4.87. The summed E-state index contributed by atoms with van der Waals surface area (Å²) in [6.07, 6.45) is 2.74. The second-order valence-electron chi connectivity index (χ2n) is 6.93. The number of piperazine rings is 1. The van der Waals surface area contributed by atoms with Gasteiger partial charge in [-0.1, -0.05) is 18.2 Å². The van der Waals surface area contributed by atoms with Crippen molar-refractivity contribution in [1.29, 1.82) is 0 Å². The lowest BCUT2D eigenvalue weighted by atomic mass is 10.1. The van der Waals surface area contributed by atoms with Gasteiger partial charge in [-0.3, -0.25) is 9.69 Å². The van der Waals surface area contributed by atoms with Crippen molar-refractivity contribution < 1.29 is 9.53 Å². The standard InChI is InChI=1S/C19H29N3O2/c1-16(20-19(23)14-18-8-5-13-24-18)15-21-9-11-22(12-10-21)17-6-3-2-4-7-17/h2-4,6-7,16,18H,5,8-15H2,1H3,(H,20,23). The van der Waals surface area contributed by atoms with Crippen molar-refractivity contribution in [3.05, 3.63) is 30.3 Å². The fraction of sp³-hybridized carbons (Fsp3) is 0.632. The summed E-state index contributed by atoms with van der Waals surface area (Å²) in [4.78, 5) is 16.9. The minimum Gasteiger partial charge on any atom is -0.378 e. The number of carbonyl (C=O) groups is 1. The molecule has 2 unspecified atom stereocenters. The van der Waals surface area contributed by atoms with Crippen LogP contribution >= 0.6 is 0 Å². The van der Waals surface area contributed by atoms with Crippen LogP contribution in [0.3, 0.4) is 0 Å². The molecular weight excluding hydrogens is 302 g/mol. The molecule has 5 nitrogen and oxygen atoms in total. The molecule has 1 aromatic carbocycles. The Morgan fingerprint density at radius 3 is 2.67 bits per heavy atom. The summed E-state index contributed by atoms with van der Waals surface area (Å²) < 4.78 is 5.53. The highest BCUT2D eigenvalue weighted by molar-refractivity contribution is 5.76. The summed E-state index contributed by atoms with van der Waals surface area (Å²) in [7, 11) is 0. The first kappa shape index (κ1) is 17.2. The molecule has 0 aliphatic carbocycles. The molecule has 2 atom stereocenters. The Hall–Kier alpha value is -1.59. The lowest BCUT2D eigenvalue weighted by Crippen LogP contribution is -2.51. The molecule has 2 fully saturated rings. The first-order valence-electron chi connectivity index (χ1n) is 9.14. The molecule has 0 bridgehead atoms. The van der Waals surface area contributed by atoms with Crippen LogP contribution in [0.2, 0.25) is 0 Å². The smallest absolute Gasteiger partial charge is 0.222 e. The Morgan fingerprint density at radius 1 is 1.25 bits per heavy atom. The third kappa shape index (κ3) is 4.95. The van der Waals surface area contributed by atoms with E-state index >= 15 is 0 Å². The lowest BCUT2D eigenvalue weighted by Gasteiger charge is -2.37. The number of rotatable bonds is 6. The van der Waals surface area contributed by atoms with E-state index < -0.39 is 0 Å². The van der Waals surface area contributed by atoms with Gasteiger partial charge in [0.1, 0.15) is 0 Å². The summed E-state index contributed by atoms with van der Waals surface area (Å²) in [6, 6.07) is 10.8. The van der Waals surface area contributed by atoms with Gasteiger partial charge < -0.3 is 15.0 Å². The first-order chi connectivity index (χ1) is 11.7. The predicted molar refractivity (Wildman–Crippen MR) is 96.3 cm³/mol. The molecule has 2 aliphatic heterocycles. The predicted octanol–water partition coefficient (Wildman–Crippen LogP) is 1.88. The van der Waals surface area contributed by atoms with Crippen molar-refractivity contribution in [3.63, 3.8) is 0 Å². The van der Waals surface area contributed by atoms with Gasteiger partial charge in [0.25, 0.3) is 0 Å². The summed E-state index contributed by atoms with van der Waals surface area (Å²) in [5.74, 6) is 0.123. The number of amides is 1. The number of carbonyl (C=O) groups excluding carboxylic acids is 1. The zero-order chi connectivity index (χ0) is 16.8. The molecule has 0 radical (unpaired) electrons. The highest BCUT2D eigenvalue weighted by Gasteiger charge is 2.22. The zero-order valence-corrected chi connectivity index (χ0v) is 14.6. The van der Waals surface area contributed by atoms with Gasteiger partial charge in [0.05, 0.1) is 12.5 Å². The van der Waals surface area contributed by atoms with E-state index in [0.29, 0.717) is 6.42 Å². The summed E-state index contributed by atoms with van der Waals surface area (Å²) in [5, 5.41) is 3.12. The van der Waals surface area contributed by atoms with Gasteiger partial charge in [0.2, 0.25) is 5.91 Å². The quantitative estimate of drug-likeness (QED) is 0.864. The van der Waals surface area contributed by atoms with E-state index in [1.807, 2.05) is 0 Å². The number of ether oxygens (including phenoxy) is 1. The average Bonchev–Trinajstić information content (AvgIpc) is 3.09. The molecule has 0 aromatic heterocycles. The van der Waals surface area contributed by atoms with Crippen LogP contribution in [0, 0.1) is 0 Å². The minimum atomic E-state index is 0.123. The van der Waals surface area contributed by atoms with Crippen molar-refractivity contribution in [2.45, 2.75) is 38.3 Å². The summed E-state index contributed by atoms with van der Waals surface area (Å²) >= 11 is 0. The number of anilines is 1. The van der Waals surface area contributed by atoms with Crippen molar-refractivity contribution in [2.24, 2.45) is 0 Å². The van der Waals surface area contributed by atoms with Crippen LogP contribution in [0.1, 0.15) is 26.2 Å². The van der Waals surface area contributed by atoms with E-state index in [0.717, 1.165) is 52.2 Å². The number of para-hydroxylation sites is 1. The largest absolute Gasteiger partial charge is 0.378 e. The maximum absolute atomic E-state index is 12.1.